The summed E-state index contributed by atoms with van der Waals surface area (Å²) < 4.78 is 82.4. The SMILES string of the molecule is N#Cc1ccc2nc(-c3ccc(C(F)(F)F)cc3)oc2c1C(F)(F)F. The third-order valence-corrected chi connectivity index (χ3v) is 3.42. The van der Waals surface area contributed by atoms with Crippen LogP contribution in [0.5, 0.6) is 0 Å². The first-order chi connectivity index (χ1) is 11.6. The van der Waals surface area contributed by atoms with Crippen LogP contribution in [0.1, 0.15) is 16.7 Å². The summed E-state index contributed by atoms with van der Waals surface area (Å²) in [6.07, 6.45) is -9.38. The molecule has 9 heteroatoms. The molecule has 0 aliphatic heterocycles. The number of halogens is 6. The van der Waals surface area contributed by atoms with Gasteiger partial charge in [0.1, 0.15) is 11.1 Å². The summed E-state index contributed by atoms with van der Waals surface area (Å²) in [4.78, 5) is 3.87. The van der Waals surface area contributed by atoms with Gasteiger partial charge in [0.25, 0.3) is 0 Å². The second-order valence-electron chi connectivity index (χ2n) is 5.04. The van der Waals surface area contributed by atoms with Crippen LogP contribution < -0.4 is 0 Å². The van der Waals surface area contributed by atoms with Gasteiger partial charge in [-0.3, -0.25) is 0 Å². The molecule has 2 aromatic carbocycles. The summed E-state index contributed by atoms with van der Waals surface area (Å²) >= 11 is 0. The molecule has 0 amide bonds. The molecule has 3 aromatic rings. The maximum atomic E-state index is 13.2. The molecule has 1 aromatic heterocycles. The maximum absolute atomic E-state index is 13.2. The molecule has 0 bridgehead atoms. The molecule has 0 N–H and O–H groups in total. The number of alkyl halides is 6. The zero-order valence-electron chi connectivity index (χ0n) is 12.0. The average Bonchev–Trinajstić information content (AvgIpc) is 2.95. The number of nitrogens with zero attached hydrogens (tertiary/aromatic N) is 2. The van der Waals surface area contributed by atoms with Crippen LogP contribution in [0.15, 0.2) is 40.8 Å². The van der Waals surface area contributed by atoms with E-state index in [0.717, 1.165) is 30.3 Å². The number of oxazole rings is 1. The van der Waals surface area contributed by atoms with Gasteiger partial charge in [-0.2, -0.15) is 31.6 Å². The molecule has 0 atom stereocenters. The monoisotopic (exact) mass is 356 g/mol. The van der Waals surface area contributed by atoms with Crippen LogP contribution in [0.25, 0.3) is 22.6 Å². The van der Waals surface area contributed by atoms with Crippen molar-refractivity contribution in [2.24, 2.45) is 0 Å². The fourth-order valence-electron chi connectivity index (χ4n) is 2.29. The Morgan fingerprint density at radius 1 is 0.880 bits per heavy atom. The summed E-state index contributed by atoms with van der Waals surface area (Å²) in [5.41, 5.74) is -3.51. The zero-order chi connectivity index (χ0) is 18.4. The van der Waals surface area contributed by atoms with E-state index in [0.29, 0.717) is 0 Å². The van der Waals surface area contributed by atoms with Gasteiger partial charge in [0.15, 0.2) is 5.58 Å². The van der Waals surface area contributed by atoms with Crippen molar-refractivity contribution in [2.75, 3.05) is 0 Å². The van der Waals surface area contributed by atoms with Gasteiger partial charge >= 0.3 is 12.4 Å². The lowest BCUT2D eigenvalue weighted by molar-refractivity contribution is -0.138. The van der Waals surface area contributed by atoms with Crippen molar-refractivity contribution in [3.8, 4) is 17.5 Å². The average molecular weight is 356 g/mol. The van der Waals surface area contributed by atoms with E-state index in [2.05, 4.69) is 4.98 Å². The van der Waals surface area contributed by atoms with E-state index in [1.54, 1.807) is 0 Å². The van der Waals surface area contributed by atoms with E-state index >= 15 is 0 Å². The van der Waals surface area contributed by atoms with Crippen molar-refractivity contribution in [3.63, 3.8) is 0 Å². The van der Waals surface area contributed by atoms with E-state index in [9.17, 15) is 26.3 Å². The molecule has 3 rings (SSSR count). The Labute approximate surface area is 136 Å². The molecule has 0 aliphatic carbocycles. The molecule has 25 heavy (non-hydrogen) atoms. The molecule has 0 unspecified atom stereocenters. The number of hydrogen-bond donors (Lipinski definition) is 0. The molecule has 0 aliphatic rings. The van der Waals surface area contributed by atoms with Crippen LogP contribution in [-0.2, 0) is 12.4 Å². The van der Waals surface area contributed by atoms with E-state index in [1.807, 2.05) is 0 Å². The second kappa shape index (κ2) is 5.51. The van der Waals surface area contributed by atoms with Crippen molar-refractivity contribution in [2.45, 2.75) is 12.4 Å². The van der Waals surface area contributed by atoms with Crippen LogP contribution in [0.4, 0.5) is 26.3 Å². The summed E-state index contributed by atoms with van der Waals surface area (Å²) in [5, 5.41) is 8.85. The predicted molar refractivity (Wildman–Crippen MR) is 74.2 cm³/mol. The second-order valence-corrected chi connectivity index (χ2v) is 5.04. The Kier molecular flexibility index (Phi) is 3.71. The van der Waals surface area contributed by atoms with E-state index in [1.165, 1.54) is 12.1 Å². The highest BCUT2D eigenvalue weighted by atomic mass is 19.4. The zero-order valence-corrected chi connectivity index (χ0v) is 12.0. The number of fused-ring (bicyclic) bond motifs is 1. The molecule has 0 radical (unpaired) electrons. The molecule has 128 valence electrons. The largest absolute Gasteiger partial charge is 0.435 e. The van der Waals surface area contributed by atoms with Crippen molar-refractivity contribution < 1.29 is 30.8 Å². The first kappa shape index (κ1) is 16.8. The third kappa shape index (κ3) is 3.03. The van der Waals surface area contributed by atoms with Crippen LogP contribution in [0, 0.1) is 11.3 Å². The molecule has 0 saturated carbocycles. The van der Waals surface area contributed by atoms with Gasteiger partial charge in [-0.25, -0.2) is 4.98 Å². The van der Waals surface area contributed by atoms with Gasteiger partial charge in [-0.15, -0.1) is 0 Å². The smallest absolute Gasteiger partial charge is 0.421 e. The lowest BCUT2D eigenvalue weighted by Crippen LogP contribution is -2.08. The Morgan fingerprint density at radius 2 is 1.52 bits per heavy atom. The van der Waals surface area contributed by atoms with E-state index < -0.39 is 34.6 Å². The summed E-state index contributed by atoms with van der Waals surface area (Å²) in [6.45, 7) is 0. The predicted octanol–water partition coefficient (Wildman–Crippen LogP) is 5.40. The molecular weight excluding hydrogens is 350 g/mol. The lowest BCUT2D eigenvalue weighted by Gasteiger charge is -2.08. The van der Waals surface area contributed by atoms with Crippen molar-refractivity contribution in [3.05, 3.63) is 53.1 Å². The topological polar surface area (TPSA) is 49.8 Å². The fourth-order valence-corrected chi connectivity index (χ4v) is 2.29. The minimum absolute atomic E-state index is 0.0795. The normalized spacial score (nSPS) is 12.4. The first-order valence-corrected chi connectivity index (χ1v) is 6.70. The fraction of sp³-hybridized carbons (Fsp3) is 0.125. The number of aromatic nitrogens is 1. The maximum Gasteiger partial charge on any atom is 0.421 e. The highest BCUT2D eigenvalue weighted by Gasteiger charge is 2.38. The molecule has 0 saturated heterocycles. The summed E-state index contributed by atoms with van der Waals surface area (Å²) in [5.74, 6) is -0.274. The van der Waals surface area contributed by atoms with E-state index in [4.69, 9.17) is 9.68 Å². The van der Waals surface area contributed by atoms with Crippen molar-refractivity contribution in [1.82, 2.24) is 4.98 Å². The van der Waals surface area contributed by atoms with Gasteiger partial charge in [-0.1, -0.05) is 0 Å². The Bertz CT molecular complexity index is 977. The van der Waals surface area contributed by atoms with E-state index in [-0.39, 0.29) is 17.0 Å². The van der Waals surface area contributed by atoms with Gasteiger partial charge in [-0.05, 0) is 36.4 Å². The lowest BCUT2D eigenvalue weighted by atomic mass is 10.1. The highest BCUT2D eigenvalue weighted by Crippen LogP contribution is 2.39. The van der Waals surface area contributed by atoms with Gasteiger partial charge in [0.2, 0.25) is 5.89 Å². The highest BCUT2D eigenvalue weighted by molar-refractivity contribution is 5.82. The first-order valence-electron chi connectivity index (χ1n) is 6.70. The standard InChI is InChI=1S/C16H6F6N2O/c17-15(18,19)10-4-1-8(2-5-10)14-24-11-6-3-9(7-23)12(13(11)25-14)16(20,21)22/h1-6H. The van der Waals surface area contributed by atoms with Crippen LogP contribution in [0.2, 0.25) is 0 Å². The van der Waals surface area contributed by atoms with Crippen molar-refractivity contribution in [1.29, 1.82) is 5.26 Å². The molecule has 1 heterocycles. The van der Waals surface area contributed by atoms with Gasteiger partial charge in [0, 0.05) is 5.56 Å². The van der Waals surface area contributed by atoms with Crippen LogP contribution in [0.3, 0.4) is 0 Å². The minimum atomic E-state index is -4.85. The molecular formula is C16H6F6N2O. The Hall–Kier alpha value is -3.02. The summed E-state index contributed by atoms with van der Waals surface area (Å²) in [6, 6.07) is 7.22. The summed E-state index contributed by atoms with van der Waals surface area (Å²) in [7, 11) is 0. The Balaban J connectivity index is 2.15. The minimum Gasteiger partial charge on any atom is -0.435 e. The number of hydrogen-bond acceptors (Lipinski definition) is 3. The third-order valence-electron chi connectivity index (χ3n) is 3.42. The molecule has 0 fully saturated rings. The van der Waals surface area contributed by atoms with Gasteiger partial charge in [0.05, 0.1) is 17.2 Å². The Morgan fingerprint density at radius 3 is 2.04 bits per heavy atom. The molecule has 3 nitrogen and oxygen atoms in total. The number of rotatable bonds is 1. The van der Waals surface area contributed by atoms with Crippen LogP contribution >= 0.6 is 0 Å². The van der Waals surface area contributed by atoms with Crippen molar-refractivity contribution >= 4 is 11.1 Å². The van der Waals surface area contributed by atoms with Gasteiger partial charge < -0.3 is 4.42 Å². The quantitative estimate of drug-likeness (QED) is 0.548. The van der Waals surface area contributed by atoms with Crippen LogP contribution in [-0.4, -0.2) is 4.98 Å². The number of benzene rings is 2. The molecule has 0 spiro atoms. The number of nitriles is 1.